The first kappa shape index (κ1) is 18.8. The summed E-state index contributed by atoms with van der Waals surface area (Å²) in [7, 11) is 0. The zero-order chi connectivity index (χ0) is 19.8. The fraction of sp³-hybridized carbons (Fsp3) is 0.250. The molecule has 28 heavy (non-hydrogen) atoms. The molecule has 6 nitrogen and oxygen atoms in total. The topological polar surface area (TPSA) is 71.8 Å². The van der Waals surface area contributed by atoms with Crippen molar-refractivity contribution in [2.75, 3.05) is 10.7 Å². The van der Waals surface area contributed by atoms with Crippen LogP contribution in [-0.4, -0.2) is 26.0 Å². The Labute approximate surface area is 172 Å². The van der Waals surface area contributed by atoms with Crippen molar-refractivity contribution >= 4 is 35.0 Å². The average Bonchev–Trinajstić information content (AvgIpc) is 3.04. The van der Waals surface area contributed by atoms with E-state index in [4.69, 9.17) is 11.6 Å². The Morgan fingerprint density at radius 2 is 1.89 bits per heavy atom. The molecule has 3 aromatic rings. The number of aryl methyl sites for hydroxylation is 3. The summed E-state index contributed by atoms with van der Waals surface area (Å²) in [4.78, 5) is 13.2. The van der Waals surface area contributed by atoms with Gasteiger partial charge in [-0.2, -0.15) is 0 Å². The van der Waals surface area contributed by atoms with E-state index in [9.17, 15) is 4.79 Å². The van der Waals surface area contributed by atoms with Gasteiger partial charge in [0.2, 0.25) is 11.1 Å². The third kappa shape index (κ3) is 3.59. The molecule has 0 saturated heterocycles. The first-order chi connectivity index (χ1) is 13.4. The lowest BCUT2D eigenvalue weighted by Gasteiger charge is -2.33. The van der Waals surface area contributed by atoms with Crippen molar-refractivity contribution in [2.45, 2.75) is 37.2 Å². The highest BCUT2D eigenvalue weighted by Crippen LogP contribution is 2.37. The average molecular weight is 414 g/mol. The maximum Gasteiger partial charge on any atom is 0.240 e. The van der Waals surface area contributed by atoms with Gasteiger partial charge in [0.15, 0.2) is 0 Å². The quantitative estimate of drug-likeness (QED) is 0.671. The number of nitrogens with one attached hydrogen (secondary N) is 2. The number of hydrogen-bond acceptors (Lipinski definition) is 5. The zero-order valence-electron chi connectivity index (χ0n) is 15.7. The van der Waals surface area contributed by atoms with E-state index in [1.54, 1.807) is 6.07 Å². The molecule has 0 radical (unpaired) electrons. The molecule has 0 fully saturated rings. The van der Waals surface area contributed by atoms with Crippen LogP contribution < -0.4 is 10.7 Å². The summed E-state index contributed by atoms with van der Waals surface area (Å²) in [5, 5.41) is 12.2. The Bertz CT molecular complexity index is 1030. The number of halogens is 1. The highest BCUT2D eigenvalue weighted by Gasteiger charge is 2.37. The SMILES string of the molecule is Cc1ccc([C@H]2Nn3c(C)nnc3S[C@H]2C(=O)Nc2cc(Cl)ccc2C)cc1. The summed E-state index contributed by atoms with van der Waals surface area (Å²) in [6, 6.07) is 13.4. The van der Waals surface area contributed by atoms with Gasteiger partial charge >= 0.3 is 0 Å². The summed E-state index contributed by atoms with van der Waals surface area (Å²) in [6.45, 7) is 5.86. The normalized spacial score (nSPS) is 18.3. The Balaban J connectivity index is 1.68. The summed E-state index contributed by atoms with van der Waals surface area (Å²) >= 11 is 7.51. The number of carbonyl (C=O) groups excluding carboxylic acids is 1. The molecule has 0 spiro atoms. The summed E-state index contributed by atoms with van der Waals surface area (Å²) in [5.74, 6) is 0.643. The molecule has 0 aliphatic carbocycles. The highest BCUT2D eigenvalue weighted by molar-refractivity contribution is 8.00. The number of hydrogen-bond donors (Lipinski definition) is 2. The summed E-state index contributed by atoms with van der Waals surface area (Å²) in [5.41, 5.74) is 7.27. The van der Waals surface area contributed by atoms with E-state index in [-0.39, 0.29) is 11.9 Å². The smallest absolute Gasteiger partial charge is 0.240 e. The number of anilines is 1. The minimum absolute atomic E-state index is 0.111. The second-order valence-corrected chi connectivity index (χ2v) is 8.41. The molecule has 0 bridgehead atoms. The van der Waals surface area contributed by atoms with Gasteiger partial charge in [-0.3, -0.25) is 4.79 Å². The number of rotatable bonds is 3. The number of carbonyl (C=O) groups is 1. The Morgan fingerprint density at radius 1 is 1.14 bits per heavy atom. The van der Waals surface area contributed by atoms with Gasteiger partial charge < -0.3 is 10.7 Å². The number of benzene rings is 2. The largest absolute Gasteiger partial charge is 0.325 e. The molecule has 2 aromatic carbocycles. The number of amides is 1. The summed E-state index contributed by atoms with van der Waals surface area (Å²) < 4.78 is 1.84. The lowest BCUT2D eigenvalue weighted by atomic mass is 10.0. The minimum atomic E-state index is -0.419. The number of fused-ring (bicyclic) bond motifs is 1. The molecule has 1 aromatic heterocycles. The van der Waals surface area contributed by atoms with E-state index in [1.165, 1.54) is 17.3 Å². The minimum Gasteiger partial charge on any atom is -0.325 e. The number of nitrogens with zero attached hydrogens (tertiary/aromatic N) is 3. The van der Waals surface area contributed by atoms with Gasteiger partial charge in [-0.25, -0.2) is 4.68 Å². The molecule has 0 unspecified atom stereocenters. The molecule has 0 saturated carbocycles. The Morgan fingerprint density at radius 3 is 2.64 bits per heavy atom. The van der Waals surface area contributed by atoms with E-state index in [0.717, 1.165) is 17.0 Å². The maximum atomic E-state index is 13.2. The van der Waals surface area contributed by atoms with Crippen LogP contribution in [0.15, 0.2) is 47.6 Å². The monoisotopic (exact) mass is 413 g/mol. The maximum absolute atomic E-state index is 13.2. The molecule has 2 N–H and O–H groups in total. The van der Waals surface area contributed by atoms with E-state index >= 15 is 0 Å². The van der Waals surface area contributed by atoms with Crippen LogP contribution in [0.4, 0.5) is 5.69 Å². The van der Waals surface area contributed by atoms with Gasteiger partial charge in [-0.1, -0.05) is 59.3 Å². The second-order valence-electron chi connectivity index (χ2n) is 6.87. The fourth-order valence-electron chi connectivity index (χ4n) is 3.12. The Kier molecular flexibility index (Phi) is 5.03. The van der Waals surface area contributed by atoms with Crippen molar-refractivity contribution in [1.82, 2.24) is 14.9 Å². The van der Waals surface area contributed by atoms with Gasteiger partial charge in [0, 0.05) is 10.7 Å². The molecule has 8 heteroatoms. The molecule has 1 aliphatic heterocycles. The molecule has 1 aliphatic rings. The van der Waals surface area contributed by atoms with Crippen LogP contribution in [0.25, 0.3) is 0 Å². The van der Waals surface area contributed by atoms with Crippen molar-refractivity contribution in [3.8, 4) is 0 Å². The van der Waals surface area contributed by atoms with Crippen LogP contribution >= 0.6 is 23.4 Å². The van der Waals surface area contributed by atoms with Crippen LogP contribution in [0.3, 0.4) is 0 Å². The highest BCUT2D eigenvalue weighted by atomic mass is 35.5. The Hall–Kier alpha value is -2.51. The van der Waals surface area contributed by atoms with E-state index in [0.29, 0.717) is 15.9 Å². The molecule has 2 heterocycles. The second kappa shape index (κ2) is 7.48. The summed E-state index contributed by atoms with van der Waals surface area (Å²) in [6.07, 6.45) is 0. The van der Waals surface area contributed by atoms with Gasteiger partial charge in [0.05, 0.1) is 6.04 Å². The van der Waals surface area contributed by atoms with Crippen LogP contribution in [0.5, 0.6) is 0 Å². The lowest BCUT2D eigenvalue weighted by Crippen LogP contribution is -2.41. The third-order valence-corrected chi connectivity index (χ3v) is 6.20. The van der Waals surface area contributed by atoms with Gasteiger partial charge in [0.25, 0.3) is 0 Å². The third-order valence-electron chi connectivity index (χ3n) is 4.75. The molecule has 1 amide bonds. The van der Waals surface area contributed by atoms with Crippen LogP contribution in [0.1, 0.15) is 28.6 Å². The van der Waals surface area contributed by atoms with E-state index in [2.05, 4.69) is 20.9 Å². The van der Waals surface area contributed by atoms with Crippen molar-refractivity contribution in [2.24, 2.45) is 0 Å². The molecule has 144 valence electrons. The van der Waals surface area contributed by atoms with Crippen LogP contribution in [0, 0.1) is 20.8 Å². The fourth-order valence-corrected chi connectivity index (χ4v) is 4.41. The van der Waals surface area contributed by atoms with Gasteiger partial charge in [0.1, 0.15) is 11.1 Å². The van der Waals surface area contributed by atoms with Gasteiger partial charge in [-0.15, -0.1) is 10.2 Å². The molecule has 2 atom stereocenters. The standard InChI is InChI=1S/C20H20ClN5OS/c1-11-4-7-14(8-5-11)17-18(28-20-24-23-13(3)26(20)25-17)19(27)22-16-10-15(21)9-6-12(16)2/h4-10,17-18,25H,1-3H3,(H,22,27)/t17-,18-/m1/s1. The zero-order valence-corrected chi connectivity index (χ0v) is 17.3. The number of aromatic nitrogens is 3. The van der Waals surface area contributed by atoms with Crippen molar-refractivity contribution in [3.63, 3.8) is 0 Å². The van der Waals surface area contributed by atoms with Crippen molar-refractivity contribution < 1.29 is 4.79 Å². The first-order valence-electron chi connectivity index (χ1n) is 8.91. The number of thioether (sulfide) groups is 1. The van der Waals surface area contributed by atoms with E-state index in [1.807, 2.05) is 61.8 Å². The van der Waals surface area contributed by atoms with Crippen LogP contribution in [0.2, 0.25) is 5.02 Å². The molecular formula is C20H20ClN5OS. The first-order valence-corrected chi connectivity index (χ1v) is 10.2. The lowest BCUT2D eigenvalue weighted by molar-refractivity contribution is -0.116. The predicted molar refractivity (Wildman–Crippen MR) is 113 cm³/mol. The van der Waals surface area contributed by atoms with Gasteiger partial charge in [-0.05, 0) is 44.0 Å². The van der Waals surface area contributed by atoms with E-state index < -0.39 is 5.25 Å². The molecular weight excluding hydrogens is 394 g/mol. The van der Waals surface area contributed by atoms with Crippen molar-refractivity contribution in [1.29, 1.82) is 0 Å². The van der Waals surface area contributed by atoms with Crippen LogP contribution in [-0.2, 0) is 4.79 Å². The van der Waals surface area contributed by atoms with Crippen molar-refractivity contribution in [3.05, 3.63) is 70.0 Å². The molecule has 4 rings (SSSR count). The predicted octanol–water partition coefficient (Wildman–Crippen LogP) is 4.25.